The second-order valence-electron chi connectivity index (χ2n) is 3.68. The minimum absolute atomic E-state index is 0.0808. The van der Waals surface area contributed by atoms with Crippen LogP contribution in [0.25, 0.3) is 0 Å². The van der Waals surface area contributed by atoms with E-state index in [2.05, 4.69) is 17.0 Å². The fourth-order valence-corrected chi connectivity index (χ4v) is 1.36. The fraction of sp³-hybridized carbons (Fsp3) is 0.455. The highest BCUT2D eigenvalue weighted by Gasteiger charge is 2.13. The molecular formula is C11H18N4O2. The minimum Gasteiger partial charge on any atom is -0.395 e. The number of nitrogens with zero attached hydrogens (tertiary/aromatic N) is 3. The lowest BCUT2D eigenvalue weighted by Gasteiger charge is -2.19. The van der Waals surface area contributed by atoms with E-state index >= 15 is 0 Å². The van der Waals surface area contributed by atoms with Crippen LogP contribution in [0.5, 0.6) is 0 Å². The normalized spacial score (nSPS) is 10.1. The van der Waals surface area contributed by atoms with Crippen LogP contribution >= 0.6 is 0 Å². The Bertz CT molecular complexity index is 381. The Morgan fingerprint density at radius 1 is 1.76 bits per heavy atom. The van der Waals surface area contributed by atoms with Gasteiger partial charge in [0.05, 0.1) is 6.61 Å². The third-order valence-corrected chi connectivity index (χ3v) is 2.36. The molecule has 0 saturated carbocycles. The predicted molar refractivity (Wildman–Crippen MR) is 65.8 cm³/mol. The Balaban J connectivity index is 2.65. The number of amides is 2. The van der Waals surface area contributed by atoms with Crippen molar-refractivity contribution in [2.24, 2.45) is 7.05 Å². The molecule has 0 spiro atoms. The molecule has 1 aromatic rings. The number of carbonyl (C=O) groups is 1. The first-order chi connectivity index (χ1) is 8.08. The molecule has 0 aliphatic heterocycles. The van der Waals surface area contributed by atoms with Gasteiger partial charge in [-0.1, -0.05) is 6.08 Å². The molecule has 0 saturated heterocycles. The van der Waals surface area contributed by atoms with Gasteiger partial charge >= 0.3 is 6.03 Å². The minimum atomic E-state index is -0.294. The van der Waals surface area contributed by atoms with Crippen molar-refractivity contribution in [3.8, 4) is 0 Å². The summed E-state index contributed by atoms with van der Waals surface area (Å²) in [5, 5.41) is 15.6. The maximum Gasteiger partial charge on any atom is 0.323 e. The van der Waals surface area contributed by atoms with E-state index in [1.807, 2.05) is 6.92 Å². The fourth-order valence-electron chi connectivity index (χ4n) is 1.36. The van der Waals surface area contributed by atoms with Gasteiger partial charge in [0.15, 0.2) is 5.82 Å². The van der Waals surface area contributed by atoms with Crippen molar-refractivity contribution in [3.05, 3.63) is 24.4 Å². The molecule has 0 fully saturated rings. The van der Waals surface area contributed by atoms with Gasteiger partial charge in [-0.2, -0.15) is 5.10 Å². The zero-order chi connectivity index (χ0) is 12.8. The number of hydrogen-bond acceptors (Lipinski definition) is 3. The number of aromatic nitrogens is 2. The number of aryl methyl sites for hydroxylation is 2. The molecular weight excluding hydrogens is 220 g/mol. The SMILES string of the molecule is C=CCN(CCO)C(=O)Nc1cc(C)n(C)n1. The molecule has 0 aliphatic carbocycles. The lowest BCUT2D eigenvalue weighted by atomic mass is 10.4. The van der Waals surface area contributed by atoms with Crippen LogP contribution in [0.1, 0.15) is 5.69 Å². The van der Waals surface area contributed by atoms with Crippen molar-refractivity contribution in [2.45, 2.75) is 6.92 Å². The van der Waals surface area contributed by atoms with E-state index in [0.29, 0.717) is 12.4 Å². The van der Waals surface area contributed by atoms with Gasteiger partial charge in [-0.25, -0.2) is 4.79 Å². The molecule has 6 heteroatoms. The van der Waals surface area contributed by atoms with E-state index in [-0.39, 0.29) is 19.2 Å². The number of anilines is 1. The van der Waals surface area contributed by atoms with E-state index in [1.54, 1.807) is 23.9 Å². The summed E-state index contributed by atoms with van der Waals surface area (Å²) < 4.78 is 1.68. The lowest BCUT2D eigenvalue weighted by Crippen LogP contribution is -2.37. The molecule has 0 aliphatic rings. The van der Waals surface area contributed by atoms with Gasteiger partial charge in [0, 0.05) is 31.9 Å². The zero-order valence-electron chi connectivity index (χ0n) is 10.2. The van der Waals surface area contributed by atoms with E-state index in [0.717, 1.165) is 5.69 Å². The predicted octanol–water partition coefficient (Wildman–Crippen LogP) is 0.741. The Hall–Kier alpha value is -1.82. The average molecular weight is 238 g/mol. The molecule has 0 atom stereocenters. The summed E-state index contributed by atoms with van der Waals surface area (Å²) >= 11 is 0. The highest BCUT2D eigenvalue weighted by molar-refractivity contribution is 5.88. The highest BCUT2D eigenvalue weighted by Crippen LogP contribution is 2.07. The van der Waals surface area contributed by atoms with Crippen LogP contribution in [-0.2, 0) is 7.05 Å². The molecule has 0 radical (unpaired) electrons. The Kier molecular flexibility index (Phi) is 4.71. The number of urea groups is 1. The second kappa shape index (κ2) is 6.05. The summed E-state index contributed by atoms with van der Waals surface area (Å²) in [7, 11) is 1.81. The molecule has 17 heavy (non-hydrogen) atoms. The van der Waals surface area contributed by atoms with Crippen LogP contribution in [0.2, 0.25) is 0 Å². The molecule has 0 bridgehead atoms. The topological polar surface area (TPSA) is 70.4 Å². The largest absolute Gasteiger partial charge is 0.395 e. The van der Waals surface area contributed by atoms with Gasteiger partial charge in [0.25, 0.3) is 0 Å². The smallest absolute Gasteiger partial charge is 0.323 e. The summed E-state index contributed by atoms with van der Waals surface area (Å²) in [6.07, 6.45) is 1.61. The standard InChI is InChI=1S/C11H18N4O2/c1-4-5-15(6-7-16)11(17)12-10-8-9(2)14(3)13-10/h4,8,16H,1,5-7H2,2-3H3,(H,12,13,17). The molecule has 2 N–H and O–H groups in total. The van der Waals surface area contributed by atoms with Crippen LogP contribution in [0, 0.1) is 6.92 Å². The molecule has 1 heterocycles. The molecule has 6 nitrogen and oxygen atoms in total. The summed E-state index contributed by atoms with van der Waals surface area (Å²) in [6, 6.07) is 1.49. The molecule has 2 amide bonds. The molecule has 94 valence electrons. The van der Waals surface area contributed by atoms with E-state index in [1.165, 1.54) is 4.90 Å². The van der Waals surface area contributed by atoms with E-state index < -0.39 is 0 Å². The van der Waals surface area contributed by atoms with Gasteiger partial charge in [-0.15, -0.1) is 6.58 Å². The third-order valence-electron chi connectivity index (χ3n) is 2.36. The summed E-state index contributed by atoms with van der Waals surface area (Å²) in [4.78, 5) is 13.3. The molecule has 1 rings (SSSR count). The number of rotatable bonds is 5. The maximum absolute atomic E-state index is 11.8. The summed E-state index contributed by atoms with van der Waals surface area (Å²) in [5.74, 6) is 0.502. The first-order valence-electron chi connectivity index (χ1n) is 5.36. The van der Waals surface area contributed by atoms with Crippen LogP contribution in [0.4, 0.5) is 10.6 Å². The Morgan fingerprint density at radius 2 is 2.47 bits per heavy atom. The van der Waals surface area contributed by atoms with E-state index in [4.69, 9.17) is 5.11 Å². The van der Waals surface area contributed by atoms with Crippen molar-refractivity contribution in [2.75, 3.05) is 25.0 Å². The quantitative estimate of drug-likeness (QED) is 0.743. The Morgan fingerprint density at radius 3 is 2.94 bits per heavy atom. The van der Waals surface area contributed by atoms with Crippen LogP contribution in [-0.4, -0.2) is 45.5 Å². The summed E-state index contributed by atoms with van der Waals surface area (Å²) in [6.45, 7) is 6.04. The van der Waals surface area contributed by atoms with Gasteiger partial charge in [-0.3, -0.25) is 10.00 Å². The van der Waals surface area contributed by atoms with Crippen molar-refractivity contribution >= 4 is 11.8 Å². The van der Waals surface area contributed by atoms with Crippen LogP contribution in [0.15, 0.2) is 18.7 Å². The number of aliphatic hydroxyl groups excluding tert-OH is 1. The zero-order valence-corrected chi connectivity index (χ0v) is 10.2. The van der Waals surface area contributed by atoms with Crippen LogP contribution < -0.4 is 5.32 Å². The Labute approximate surface area is 101 Å². The third kappa shape index (κ3) is 3.60. The van der Waals surface area contributed by atoms with Crippen molar-refractivity contribution < 1.29 is 9.90 Å². The lowest BCUT2D eigenvalue weighted by molar-refractivity contribution is 0.195. The molecule has 0 unspecified atom stereocenters. The molecule has 0 aromatic carbocycles. The number of hydrogen-bond donors (Lipinski definition) is 2. The van der Waals surface area contributed by atoms with E-state index in [9.17, 15) is 4.79 Å². The van der Waals surface area contributed by atoms with Crippen molar-refractivity contribution in [1.82, 2.24) is 14.7 Å². The van der Waals surface area contributed by atoms with Crippen LogP contribution in [0.3, 0.4) is 0 Å². The average Bonchev–Trinajstić information content (AvgIpc) is 2.57. The molecule has 1 aromatic heterocycles. The first kappa shape index (κ1) is 13.2. The van der Waals surface area contributed by atoms with Crippen molar-refractivity contribution in [3.63, 3.8) is 0 Å². The van der Waals surface area contributed by atoms with Gasteiger partial charge in [-0.05, 0) is 6.92 Å². The van der Waals surface area contributed by atoms with Gasteiger partial charge in [0.1, 0.15) is 0 Å². The number of carbonyl (C=O) groups excluding carboxylic acids is 1. The number of nitrogens with one attached hydrogen (secondary N) is 1. The van der Waals surface area contributed by atoms with Crippen molar-refractivity contribution in [1.29, 1.82) is 0 Å². The summed E-state index contributed by atoms with van der Waals surface area (Å²) in [5.41, 5.74) is 0.956. The van der Waals surface area contributed by atoms with Gasteiger partial charge in [0.2, 0.25) is 0 Å². The second-order valence-corrected chi connectivity index (χ2v) is 3.68. The highest BCUT2D eigenvalue weighted by atomic mass is 16.3. The maximum atomic E-state index is 11.8. The number of aliphatic hydroxyl groups is 1. The van der Waals surface area contributed by atoms with Gasteiger partial charge < -0.3 is 10.0 Å². The first-order valence-corrected chi connectivity index (χ1v) is 5.36. The monoisotopic (exact) mass is 238 g/mol.